The van der Waals surface area contributed by atoms with Gasteiger partial charge in [-0.1, -0.05) is 46.4 Å². The van der Waals surface area contributed by atoms with E-state index >= 15 is 0 Å². The van der Waals surface area contributed by atoms with Crippen molar-refractivity contribution >= 4 is 81.0 Å². The fourth-order valence-corrected chi connectivity index (χ4v) is 6.64. The van der Waals surface area contributed by atoms with Crippen LogP contribution in [-0.4, -0.2) is 31.5 Å². The van der Waals surface area contributed by atoms with Gasteiger partial charge in [0.2, 0.25) is 0 Å². The predicted octanol–water partition coefficient (Wildman–Crippen LogP) is 4.08. The van der Waals surface area contributed by atoms with E-state index in [4.69, 9.17) is 78.0 Å². The molecule has 0 aromatic heterocycles. The predicted molar refractivity (Wildman–Crippen MR) is 82.0 cm³/mol. The lowest BCUT2D eigenvalue weighted by molar-refractivity contribution is 0.0879. The van der Waals surface area contributed by atoms with E-state index in [1.165, 1.54) is 0 Å². The zero-order valence-corrected chi connectivity index (χ0v) is 15.0. The van der Waals surface area contributed by atoms with Crippen LogP contribution in [-0.2, 0) is 19.7 Å². The Labute approximate surface area is 148 Å². The maximum Gasteiger partial charge on any atom is 0.304 e. The number of halogens is 6. The van der Waals surface area contributed by atoms with Crippen molar-refractivity contribution < 1.29 is 12.6 Å². The molecule has 0 aromatic rings. The third-order valence-electron chi connectivity index (χ3n) is 4.16. The summed E-state index contributed by atoms with van der Waals surface area (Å²) in [7, 11) is 0. The van der Waals surface area contributed by atoms with Crippen LogP contribution in [0.5, 0.6) is 0 Å². The van der Waals surface area contributed by atoms with Gasteiger partial charge in [-0.05, 0) is 0 Å². The van der Waals surface area contributed by atoms with E-state index in [2.05, 4.69) is 0 Å². The van der Waals surface area contributed by atoms with E-state index in [1.807, 2.05) is 0 Å². The number of alkyl halides is 4. The Bertz CT molecular complexity index is 525. The summed E-state index contributed by atoms with van der Waals surface area (Å²) in [5, 5.41) is 0.329. The van der Waals surface area contributed by atoms with Crippen molar-refractivity contribution in [2.45, 2.75) is 20.5 Å². The fraction of sp³-hybridized carbons (Fsp3) is 0.800. The largest absolute Gasteiger partial charge is 0.304 e. The number of rotatable bonds is 0. The van der Waals surface area contributed by atoms with Crippen molar-refractivity contribution in [1.29, 1.82) is 0 Å². The highest BCUT2D eigenvalue weighted by Crippen LogP contribution is 2.70. The fourth-order valence-electron chi connectivity index (χ4n) is 3.13. The lowest BCUT2D eigenvalue weighted by Crippen LogP contribution is -2.67. The summed E-state index contributed by atoms with van der Waals surface area (Å²) >= 11 is 36.7. The molecular weight excluding hydrogens is 413 g/mol. The van der Waals surface area contributed by atoms with Gasteiger partial charge in [-0.2, -0.15) is 4.21 Å². The maximum atomic E-state index is 11.4. The van der Waals surface area contributed by atoms with E-state index in [0.717, 1.165) is 0 Å². The van der Waals surface area contributed by atoms with Gasteiger partial charge in [-0.25, -0.2) is 0 Å². The van der Waals surface area contributed by atoms with Crippen LogP contribution in [0.4, 0.5) is 0 Å². The summed E-state index contributed by atoms with van der Waals surface area (Å²) in [6.07, 6.45) is 0.111. The topological polar surface area (TPSA) is 35.5 Å². The molecule has 0 N–H and O–H groups in total. The highest BCUT2D eigenvalue weighted by molar-refractivity contribution is 7.75. The van der Waals surface area contributed by atoms with Crippen LogP contribution in [0.2, 0.25) is 0 Å². The Hall–Kier alpha value is 1.55. The second-order valence-electron chi connectivity index (χ2n) is 5.07. The van der Waals surface area contributed by atoms with Crippen molar-refractivity contribution in [3.63, 3.8) is 0 Å². The summed E-state index contributed by atoms with van der Waals surface area (Å²) in [6, 6.07) is 0. The average molecular weight is 421 g/mol. The number of hydrogen-bond acceptors (Lipinski definition) is 3. The van der Waals surface area contributed by atoms with Gasteiger partial charge in [0.05, 0.1) is 28.2 Å². The molecular formula is C10H8Cl6O3S. The van der Waals surface area contributed by atoms with Crippen molar-refractivity contribution in [1.82, 2.24) is 0 Å². The molecule has 3 nitrogen and oxygen atoms in total. The molecule has 114 valence electrons. The van der Waals surface area contributed by atoms with Crippen LogP contribution < -0.4 is 0 Å². The second kappa shape index (κ2) is 5.02. The van der Waals surface area contributed by atoms with Crippen LogP contribution in [0.3, 0.4) is 0 Å². The summed E-state index contributed by atoms with van der Waals surface area (Å²) in [6.45, 7) is 0.0797. The average Bonchev–Trinajstić information content (AvgIpc) is 2.55. The van der Waals surface area contributed by atoms with E-state index in [9.17, 15) is 4.21 Å². The monoisotopic (exact) mass is 418 g/mol. The van der Waals surface area contributed by atoms with Gasteiger partial charge in [0.15, 0.2) is 0 Å². The normalized spacial score (nSPS) is 50.8. The van der Waals surface area contributed by atoms with Gasteiger partial charge < -0.3 is 0 Å². The first-order chi connectivity index (χ1) is 9.14. The Balaban J connectivity index is 2.20. The number of allylic oxidation sites excluding steroid dienone is 2. The molecule has 3 aliphatic carbocycles. The molecule has 2 bridgehead atoms. The summed E-state index contributed by atoms with van der Waals surface area (Å²) < 4.78 is 20.2. The molecule has 1 aliphatic heterocycles. The highest BCUT2D eigenvalue weighted by atomic mass is 35.5. The van der Waals surface area contributed by atoms with Crippen LogP contribution >= 0.6 is 69.6 Å². The lowest BCUT2D eigenvalue weighted by atomic mass is 9.60. The minimum atomic E-state index is -1.87. The minimum Gasteiger partial charge on any atom is -0.268 e. The number of fused-ring (bicyclic) bond motifs is 1. The molecule has 1 saturated heterocycles. The summed E-state index contributed by atoms with van der Waals surface area (Å²) in [4.78, 5) is -2.46. The molecule has 10 heteroatoms. The maximum absolute atomic E-state index is 11.4. The molecule has 0 aromatic carbocycles. The molecule has 1 saturated carbocycles. The smallest absolute Gasteiger partial charge is 0.268 e. The minimum absolute atomic E-state index is 0.0107. The van der Waals surface area contributed by atoms with Crippen molar-refractivity contribution in [2.75, 3.05) is 13.2 Å². The standard InChI is InChI=1S/C10H8Cl6O3S/c11-6-7(12)10(16)5-2-19-20(17)18-1-4(5)8(6,13)3-9(10,14)15/h4-5H,1-3H2. The van der Waals surface area contributed by atoms with E-state index < -0.39 is 31.4 Å². The van der Waals surface area contributed by atoms with Crippen LogP contribution in [0, 0.1) is 11.8 Å². The van der Waals surface area contributed by atoms with Crippen LogP contribution in [0.25, 0.3) is 0 Å². The Morgan fingerprint density at radius 2 is 1.55 bits per heavy atom. The third kappa shape index (κ3) is 1.96. The van der Waals surface area contributed by atoms with Crippen molar-refractivity contribution in [3.8, 4) is 0 Å². The van der Waals surface area contributed by atoms with Crippen LogP contribution in [0.1, 0.15) is 6.42 Å². The molecule has 1 heterocycles. The number of hydrogen-bond donors (Lipinski definition) is 0. The van der Waals surface area contributed by atoms with Gasteiger partial charge >= 0.3 is 11.4 Å². The SMILES string of the molecule is O=S1OCC2C(CO1)C1(Cl)C(Cl)=C(Cl)C2(Cl)CC1(Cl)Cl. The molecule has 0 radical (unpaired) electrons. The Morgan fingerprint density at radius 1 is 1.00 bits per heavy atom. The van der Waals surface area contributed by atoms with Crippen LogP contribution in [0.15, 0.2) is 10.1 Å². The molecule has 5 atom stereocenters. The zero-order chi connectivity index (χ0) is 14.9. The molecule has 4 aliphatic rings. The molecule has 5 unspecified atom stereocenters. The quantitative estimate of drug-likeness (QED) is 0.554. The van der Waals surface area contributed by atoms with Crippen molar-refractivity contribution in [3.05, 3.63) is 10.1 Å². The Kier molecular flexibility index (Phi) is 4.12. The zero-order valence-electron chi connectivity index (χ0n) is 9.68. The molecule has 0 spiro atoms. The molecule has 0 amide bonds. The van der Waals surface area contributed by atoms with E-state index in [0.29, 0.717) is 0 Å². The third-order valence-corrected chi connectivity index (χ3v) is 8.57. The first kappa shape index (κ1) is 16.4. The van der Waals surface area contributed by atoms with Crippen molar-refractivity contribution in [2.24, 2.45) is 11.8 Å². The first-order valence-corrected chi connectivity index (χ1v) is 8.91. The van der Waals surface area contributed by atoms with Gasteiger partial charge in [-0.3, -0.25) is 8.37 Å². The lowest BCUT2D eigenvalue weighted by Gasteiger charge is -2.60. The van der Waals surface area contributed by atoms with Gasteiger partial charge in [0, 0.05) is 18.3 Å². The molecule has 2 fully saturated rings. The van der Waals surface area contributed by atoms with Gasteiger partial charge in [-0.15, -0.1) is 23.2 Å². The molecule has 20 heavy (non-hydrogen) atoms. The van der Waals surface area contributed by atoms with E-state index in [-0.39, 0.29) is 35.6 Å². The van der Waals surface area contributed by atoms with Gasteiger partial charge in [0.1, 0.15) is 9.21 Å². The Morgan fingerprint density at radius 3 is 2.15 bits per heavy atom. The highest BCUT2D eigenvalue weighted by Gasteiger charge is 2.73. The van der Waals surface area contributed by atoms with E-state index in [1.54, 1.807) is 0 Å². The second-order valence-corrected chi connectivity index (χ2v) is 9.46. The summed E-state index contributed by atoms with van der Waals surface area (Å²) in [5.74, 6) is -0.819. The van der Waals surface area contributed by atoms with Gasteiger partial charge in [0.25, 0.3) is 0 Å². The first-order valence-electron chi connectivity index (χ1n) is 5.65. The molecule has 4 rings (SSSR count). The summed E-state index contributed by atoms with van der Waals surface area (Å²) in [5.41, 5.74) is 0.